The van der Waals surface area contributed by atoms with Gasteiger partial charge in [0.25, 0.3) is 10.1 Å². The molecule has 0 amide bonds. The summed E-state index contributed by atoms with van der Waals surface area (Å²) >= 11 is 0. The van der Waals surface area contributed by atoms with Gasteiger partial charge < -0.3 is 23.7 Å². The first-order chi connectivity index (χ1) is 20.2. The number of rotatable bonds is 17. The summed E-state index contributed by atoms with van der Waals surface area (Å²) in [6.07, 6.45) is 0.746. The molecule has 0 aliphatic rings. The topological polar surface area (TPSA) is 124 Å². The molecule has 3 aromatic carbocycles. The predicted octanol–water partition coefficient (Wildman–Crippen LogP) is 4.91. The van der Waals surface area contributed by atoms with Gasteiger partial charge in [-0.05, 0) is 66.1 Å². The van der Waals surface area contributed by atoms with E-state index in [0.717, 1.165) is 24.7 Å². The van der Waals surface area contributed by atoms with Gasteiger partial charge in [-0.1, -0.05) is 38.1 Å². The number of benzene rings is 3. The summed E-state index contributed by atoms with van der Waals surface area (Å²) in [5.74, 6) is 0.130. The summed E-state index contributed by atoms with van der Waals surface area (Å²) in [6.45, 7) is 5.78. The fourth-order valence-electron chi connectivity index (χ4n) is 3.53. The third kappa shape index (κ3) is 10.3. The summed E-state index contributed by atoms with van der Waals surface area (Å²) in [5, 5.41) is 0. The molecule has 0 fully saturated rings. The van der Waals surface area contributed by atoms with E-state index in [9.17, 15) is 18.0 Å². The van der Waals surface area contributed by atoms with E-state index in [0.29, 0.717) is 50.1 Å². The van der Waals surface area contributed by atoms with Gasteiger partial charge in [-0.2, -0.15) is 8.42 Å². The van der Waals surface area contributed by atoms with Crippen LogP contribution in [0.15, 0.2) is 77.7 Å². The lowest BCUT2D eigenvalue weighted by atomic mass is 10.1. The van der Waals surface area contributed by atoms with Crippen molar-refractivity contribution < 1.29 is 45.9 Å². The van der Waals surface area contributed by atoms with Gasteiger partial charge in [0.05, 0.1) is 49.9 Å². The summed E-state index contributed by atoms with van der Waals surface area (Å²) in [7, 11) is -2.63. The van der Waals surface area contributed by atoms with Crippen LogP contribution in [-0.4, -0.2) is 67.1 Å². The normalized spacial score (nSPS) is 12.0. The maximum Gasteiger partial charge on any atom is 0.343 e. The zero-order chi connectivity index (χ0) is 30.4. The Hall–Kier alpha value is -3.77. The van der Waals surface area contributed by atoms with Crippen LogP contribution in [0.2, 0.25) is 0 Å². The van der Waals surface area contributed by atoms with E-state index >= 15 is 0 Å². The van der Waals surface area contributed by atoms with Crippen molar-refractivity contribution in [2.75, 3.05) is 46.8 Å². The minimum Gasteiger partial charge on any atom is -0.491 e. The van der Waals surface area contributed by atoms with Gasteiger partial charge in [0.2, 0.25) is 0 Å². The highest BCUT2D eigenvalue weighted by Crippen LogP contribution is 2.25. The van der Waals surface area contributed by atoms with Gasteiger partial charge in [-0.25, -0.2) is 4.79 Å². The average Bonchev–Trinajstić information content (AvgIpc) is 3.02. The first kappa shape index (κ1) is 32.7. The Balaban J connectivity index is 1.34. The molecule has 0 heterocycles. The fourth-order valence-corrected chi connectivity index (χ4v) is 4.19. The summed E-state index contributed by atoms with van der Waals surface area (Å²) in [4.78, 5) is 24.2. The number of hydrogen-bond acceptors (Lipinski definition) is 10. The maximum absolute atomic E-state index is 12.6. The molecule has 0 aliphatic heterocycles. The second-order valence-electron chi connectivity index (χ2n) is 9.13. The first-order valence-corrected chi connectivity index (χ1v) is 14.9. The van der Waals surface area contributed by atoms with E-state index in [-0.39, 0.29) is 23.4 Å². The van der Waals surface area contributed by atoms with E-state index in [1.54, 1.807) is 60.7 Å². The molecule has 11 heteroatoms. The zero-order valence-electron chi connectivity index (χ0n) is 23.9. The van der Waals surface area contributed by atoms with Gasteiger partial charge >= 0.3 is 11.9 Å². The molecule has 0 bridgehead atoms. The highest BCUT2D eigenvalue weighted by atomic mass is 32.2. The molecule has 0 saturated carbocycles. The SMILES string of the molecule is CCC(C)C(=O)OCCOCCOCCOc1ccc(C(=O)Oc2ccc(-c3ccc(S(=O)(=O)OC)cc3)cc2)cc1. The van der Waals surface area contributed by atoms with E-state index in [1.807, 2.05) is 13.8 Å². The van der Waals surface area contributed by atoms with Gasteiger partial charge in [-0.15, -0.1) is 0 Å². The number of esters is 2. The largest absolute Gasteiger partial charge is 0.491 e. The lowest BCUT2D eigenvalue weighted by Gasteiger charge is -2.10. The Labute approximate surface area is 246 Å². The van der Waals surface area contributed by atoms with Gasteiger partial charge in [0, 0.05) is 0 Å². The molecular formula is C31H36O10S. The van der Waals surface area contributed by atoms with E-state index in [4.69, 9.17) is 23.7 Å². The molecular weight excluding hydrogens is 564 g/mol. The molecule has 1 atom stereocenters. The van der Waals surface area contributed by atoms with Crippen molar-refractivity contribution in [1.29, 1.82) is 0 Å². The molecule has 3 rings (SSSR count). The van der Waals surface area contributed by atoms with Crippen LogP contribution in [0, 0.1) is 5.92 Å². The molecule has 226 valence electrons. The lowest BCUT2D eigenvalue weighted by molar-refractivity contribution is -0.149. The molecule has 42 heavy (non-hydrogen) atoms. The molecule has 3 aromatic rings. The van der Waals surface area contributed by atoms with Crippen molar-refractivity contribution in [1.82, 2.24) is 0 Å². The minimum absolute atomic E-state index is 0.0699. The minimum atomic E-state index is -3.75. The van der Waals surface area contributed by atoms with Crippen LogP contribution in [0.25, 0.3) is 11.1 Å². The predicted molar refractivity (Wildman–Crippen MR) is 155 cm³/mol. The van der Waals surface area contributed by atoms with Crippen LogP contribution in [-0.2, 0) is 33.3 Å². The van der Waals surface area contributed by atoms with Crippen molar-refractivity contribution in [2.24, 2.45) is 5.92 Å². The molecule has 10 nitrogen and oxygen atoms in total. The Morgan fingerprint density at radius 1 is 0.714 bits per heavy atom. The van der Waals surface area contributed by atoms with Crippen LogP contribution < -0.4 is 9.47 Å². The summed E-state index contributed by atoms with van der Waals surface area (Å²) in [6, 6.07) is 19.8. The molecule has 0 radical (unpaired) electrons. The average molecular weight is 601 g/mol. The highest BCUT2D eigenvalue weighted by molar-refractivity contribution is 7.86. The summed E-state index contributed by atoms with van der Waals surface area (Å²) < 4.78 is 55.1. The Bertz CT molecular complexity index is 1370. The third-order valence-corrected chi connectivity index (χ3v) is 7.49. The standard InChI is InChI=1S/C31H36O10S/c1-4-23(2)30(32)40-22-20-38-18-17-37-19-21-39-27-11-7-26(8-12-27)31(33)41-28-13-5-24(6-14-28)25-9-15-29(16-10-25)42(34,35)36-3/h5-16,23H,4,17-22H2,1-3H3. The van der Waals surface area contributed by atoms with Crippen molar-refractivity contribution in [2.45, 2.75) is 25.2 Å². The summed E-state index contributed by atoms with van der Waals surface area (Å²) in [5.41, 5.74) is 1.99. The first-order valence-electron chi connectivity index (χ1n) is 13.5. The van der Waals surface area contributed by atoms with Crippen LogP contribution in [0.1, 0.15) is 30.6 Å². The molecule has 1 unspecified atom stereocenters. The van der Waals surface area contributed by atoms with Crippen molar-refractivity contribution in [3.8, 4) is 22.6 Å². The van der Waals surface area contributed by atoms with Crippen LogP contribution in [0.4, 0.5) is 0 Å². The quantitative estimate of drug-likeness (QED) is 0.0914. The van der Waals surface area contributed by atoms with Crippen LogP contribution >= 0.6 is 0 Å². The molecule has 0 aromatic heterocycles. The highest BCUT2D eigenvalue weighted by Gasteiger charge is 2.13. The Kier molecular flexibility index (Phi) is 13.0. The van der Waals surface area contributed by atoms with Crippen LogP contribution in [0.3, 0.4) is 0 Å². The Morgan fingerprint density at radius 2 is 1.24 bits per heavy atom. The smallest absolute Gasteiger partial charge is 0.343 e. The molecule has 0 spiro atoms. The van der Waals surface area contributed by atoms with Crippen molar-refractivity contribution in [3.63, 3.8) is 0 Å². The lowest BCUT2D eigenvalue weighted by Crippen LogP contribution is -2.18. The van der Waals surface area contributed by atoms with Gasteiger partial charge in [0.1, 0.15) is 24.7 Å². The second kappa shape index (κ2) is 16.6. The molecule has 0 saturated heterocycles. The van der Waals surface area contributed by atoms with E-state index in [1.165, 1.54) is 12.1 Å². The molecule has 0 aliphatic carbocycles. The number of carbonyl (C=O) groups is 2. The second-order valence-corrected chi connectivity index (χ2v) is 10.8. The van der Waals surface area contributed by atoms with Crippen LogP contribution in [0.5, 0.6) is 11.5 Å². The van der Waals surface area contributed by atoms with E-state index < -0.39 is 16.1 Å². The van der Waals surface area contributed by atoms with E-state index in [2.05, 4.69) is 4.18 Å². The molecule has 0 N–H and O–H groups in total. The maximum atomic E-state index is 12.6. The number of carbonyl (C=O) groups excluding carboxylic acids is 2. The third-order valence-electron chi connectivity index (χ3n) is 6.21. The zero-order valence-corrected chi connectivity index (χ0v) is 24.8. The fraction of sp³-hybridized carbons (Fsp3) is 0.355. The monoisotopic (exact) mass is 600 g/mol. The van der Waals surface area contributed by atoms with Crippen molar-refractivity contribution in [3.05, 3.63) is 78.4 Å². The Morgan fingerprint density at radius 3 is 1.81 bits per heavy atom. The number of hydrogen-bond donors (Lipinski definition) is 0. The number of ether oxygens (including phenoxy) is 5. The van der Waals surface area contributed by atoms with Crippen molar-refractivity contribution >= 4 is 22.1 Å². The van der Waals surface area contributed by atoms with Gasteiger partial charge in [-0.3, -0.25) is 8.98 Å². The van der Waals surface area contributed by atoms with Gasteiger partial charge in [0.15, 0.2) is 0 Å².